The molecule has 1 nitrogen and oxygen atoms in total. The Hall–Kier alpha value is -0.610. The van der Waals surface area contributed by atoms with E-state index in [4.69, 9.17) is 0 Å². The lowest BCUT2D eigenvalue weighted by Crippen LogP contribution is -2.39. The van der Waals surface area contributed by atoms with Gasteiger partial charge < -0.3 is 5.32 Å². The number of alkyl halides is 2. The van der Waals surface area contributed by atoms with Crippen LogP contribution in [0.5, 0.6) is 0 Å². The molecule has 1 aliphatic rings. The highest BCUT2D eigenvalue weighted by Gasteiger charge is 2.29. The third-order valence-electron chi connectivity index (χ3n) is 3.36. The topological polar surface area (TPSA) is 12.0 Å². The van der Waals surface area contributed by atoms with Gasteiger partial charge in [0.25, 0.3) is 0 Å². The van der Waals surface area contributed by atoms with Gasteiger partial charge in [-0.3, -0.25) is 0 Å². The number of thioether (sulfide) groups is 1. The fraction of sp³-hybridized carbons (Fsp3) is 0.571. The SMILES string of the molecule is CCNC1CC(c2ccc(SCC(F)F)cc2)C1. The van der Waals surface area contributed by atoms with Gasteiger partial charge in [0.15, 0.2) is 0 Å². The molecule has 2 rings (SSSR count). The number of hydrogen-bond acceptors (Lipinski definition) is 2. The van der Waals surface area contributed by atoms with Gasteiger partial charge in [0.2, 0.25) is 6.43 Å². The maximum Gasteiger partial charge on any atom is 0.247 e. The van der Waals surface area contributed by atoms with Gasteiger partial charge in [-0.15, -0.1) is 11.8 Å². The van der Waals surface area contributed by atoms with Crippen molar-refractivity contribution in [1.29, 1.82) is 0 Å². The van der Waals surface area contributed by atoms with Crippen molar-refractivity contribution < 1.29 is 8.78 Å². The summed E-state index contributed by atoms with van der Waals surface area (Å²) in [6.07, 6.45) is 0.150. The molecule has 0 atom stereocenters. The van der Waals surface area contributed by atoms with Crippen molar-refractivity contribution in [1.82, 2.24) is 5.32 Å². The Bertz CT molecular complexity index is 361. The second-order valence-electron chi connectivity index (χ2n) is 4.69. The zero-order chi connectivity index (χ0) is 13.0. The largest absolute Gasteiger partial charge is 0.314 e. The van der Waals surface area contributed by atoms with Gasteiger partial charge in [0.1, 0.15) is 0 Å². The molecule has 1 aromatic carbocycles. The molecule has 0 aliphatic heterocycles. The maximum absolute atomic E-state index is 12.1. The summed E-state index contributed by atoms with van der Waals surface area (Å²) in [7, 11) is 0. The van der Waals surface area contributed by atoms with E-state index in [2.05, 4.69) is 24.4 Å². The van der Waals surface area contributed by atoms with Crippen molar-refractivity contribution in [3.8, 4) is 0 Å². The lowest BCUT2D eigenvalue weighted by atomic mass is 9.76. The van der Waals surface area contributed by atoms with E-state index in [0.717, 1.165) is 11.4 Å². The molecule has 18 heavy (non-hydrogen) atoms. The van der Waals surface area contributed by atoms with E-state index in [-0.39, 0.29) is 5.75 Å². The summed E-state index contributed by atoms with van der Waals surface area (Å²) in [5.74, 6) is 0.522. The molecule has 0 aromatic heterocycles. The molecule has 1 aliphatic carbocycles. The van der Waals surface area contributed by atoms with Crippen molar-refractivity contribution in [2.75, 3.05) is 12.3 Å². The molecule has 0 bridgehead atoms. The molecule has 100 valence electrons. The van der Waals surface area contributed by atoms with Gasteiger partial charge in [-0.25, -0.2) is 8.78 Å². The summed E-state index contributed by atoms with van der Waals surface area (Å²) < 4.78 is 24.2. The van der Waals surface area contributed by atoms with Gasteiger partial charge >= 0.3 is 0 Å². The van der Waals surface area contributed by atoms with Gasteiger partial charge in [-0.2, -0.15) is 0 Å². The summed E-state index contributed by atoms with van der Waals surface area (Å²) in [5.41, 5.74) is 1.34. The molecule has 1 fully saturated rings. The van der Waals surface area contributed by atoms with Gasteiger partial charge in [-0.1, -0.05) is 19.1 Å². The zero-order valence-corrected chi connectivity index (χ0v) is 11.4. The molecule has 1 aromatic rings. The molecule has 0 radical (unpaired) electrons. The Balaban J connectivity index is 1.81. The molecule has 0 heterocycles. The number of halogens is 2. The fourth-order valence-corrected chi connectivity index (χ4v) is 2.99. The highest BCUT2D eigenvalue weighted by molar-refractivity contribution is 7.99. The highest BCUT2D eigenvalue weighted by Crippen LogP contribution is 2.37. The average molecular weight is 271 g/mol. The molecule has 0 spiro atoms. The number of nitrogens with one attached hydrogen (secondary N) is 1. The Morgan fingerprint density at radius 1 is 1.28 bits per heavy atom. The Labute approximate surface area is 111 Å². The monoisotopic (exact) mass is 271 g/mol. The molecular weight excluding hydrogens is 252 g/mol. The summed E-state index contributed by atoms with van der Waals surface area (Å²) in [6, 6.07) is 8.75. The Morgan fingerprint density at radius 2 is 1.94 bits per heavy atom. The third kappa shape index (κ3) is 3.69. The minimum Gasteiger partial charge on any atom is -0.314 e. The van der Waals surface area contributed by atoms with E-state index in [0.29, 0.717) is 12.0 Å². The summed E-state index contributed by atoms with van der Waals surface area (Å²) in [5, 5.41) is 3.44. The van der Waals surface area contributed by atoms with Crippen LogP contribution in [0, 0.1) is 0 Å². The minimum absolute atomic E-state index is 0.120. The van der Waals surface area contributed by atoms with Crippen LogP contribution in [-0.2, 0) is 0 Å². The summed E-state index contributed by atoms with van der Waals surface area (Å²) in [6.45, 7) is 3.16. The number of hydrogen-bond donors (Lipinski definition) is 1. The summed E-state index contributed by atoms with van der Waals surface area (Å²) in [4.78, 5) is 0.932. The first kappa shape index (κ1) is 13.8. The van der Waals surface area contributed by atoms with Gasteiger partial charge in [0.05, 0.1) is 5.75 Å². The third-order valence-corrected chi connectivity index (χ3v) is 4.38. The molecule has 4 heteroatoms. The van der Waals surface area contributed by atoms with Crippen molar-refractivity contribution in [3.63, 3.8) is 0 Å². The minimum atomic E-state index is -2.23. The standard InChI is InChI=1S/C14H19F2NS/c1-2-17-12-7-11(8-12)10-3-5-13(6-4-10)18-9-14(15)16/h3-6,11-12,14,17H,2,7-9H2,1H3. The van der Waals surface area contributed by atoms with Crippen LogP contribution in [0.4, 0.5) is 8.78 Å². The Kier molecular flexibility index (Phi) is 5.01. The lowest BCUT2D eigenvalue weighted by molar-refractivity contribution is 0.177. The van der Waals surface area contributed by atoms with Crippen LogP contribution >= 0.6 is 11.8 Å². The average Bonchev–Trinajstić information content (AvgIpc) is 2.31. The van der Waals surface area contributed by atoms with Crippen LogP contribution in [0.1, 0.15) is 31.2 Å². The molecule has 1 saturated carbocycles. The van der Waals surface area contributed by atoms with Crippen LogP contribution in [0.3, 0.4) is 0 Å². The van der Waals surface area contributed by atoms with Crippen LogP contribution in [0.2, 0.25) is 0 Å². The van der Waals surface area contributed by atoms with E-state index in [1.165, 1.54) is 30.2 Å². The van der Waals surface area contributed by atoms with E-state index in [9.17, 15) is 8.78 Å². The van der Waals surface area contributed by atoms with Gasteiger partial charge in [0, 0.05) is 10.9 Å². The van der Waals surface area contributed by atoms with Gasteiger partial charge in [-0.05, 0) is 43.0 Å². The molecule has 1 N–H and O–H groups in total. The quantitative estimate of drug-likeness (QED) is 0.788. The second kappa shape index (κ2) is 6.53. The predicted octanol–water partition coefficient (Wildman–Crippen LogP) is 3.90. The fourth-order valence-electron chi connectivity index (χ4n) is 2.34. The molecule has 0 unspecified atom stereocenters. The normalized spacial score (nSPS) is 23.1. The van der Waals surface area contributed by atoms with E-state index < -0.39 is 6.43 Å². The maximum atomic E-state index is 12.1. The second-order valence-corrected chi connectivity index (χ2v) is 5.79. The molecule has 0 saturated heterocycles. The first-order chi connectivity index (χ1) is 8.69. The smallest absolute Gasteiger partial charge is 0.247 e. The molecular formula is C14H19F2NS. The highest BCUT2D eigenvalue weighted by atomic mass is 32.2. The van der Waals surface area contributed by atoms with E-state index >= 15 is 0 Å². The first-order valence-electron chi connectivity index (χ1n) is 6.43. The first-order valence-corrected chi connectivity index (χ1v) is 7.42. The van der Waals surface area contributed by atoms with Crippen LogP contribution in [0.25, 0.3) is 0 Å². The lowest BCUT2D eigenvalue weighted by Gasteiger charge is -2.36. The van der Waals surface area contributed by atoms with Crippen molar-refractivity contribution in [3.05, 3.63) is 29.8 Å². The zero-order valence-electron chi connectivity index (χ0n) is 10.5. The van der Waals surface area contributed by atoms with E-state index in [1.54, 1.807) is 0 Å². The summed E-state index contributed by atoms with van der Waals surface area (Å²) >= 11 is 1.22. The van der Waals surface area contributed by atoms with E-state index in [1.807, 2.05) is 12.1 Å². The van der Waals surface area contributed by atoms with Crippen LogP contribution in [0.15, 0.2) is 29.2 Å². The van der Waals surface area contributed by atoms with Crippen LogP contribution < -0.4 is 5.32 Å². The predicted molar refractivity (Wildman–Crippen MR) is 72.6 cm³/mol. The van der Waals surface area contributed by atoms with Crippen molar-refractivity contribution in [2.24, 2.45) is 0 Å². The Morgan fingerprint density at radius 3 is 2.50 bits per heavy atom. The molecule has 0 amide bonds. The van der Waals surface area contributed by atoms with Crippen molar-refractivity contribution >= 4 is 11.8 Å². The number of rotatable bonds is 6. The number of benzene rings is 1. The van der Waals surface area contributed by atoms with Crippen molar-refractivity contribution in [2.45, 2.75) is 43.0 Å². The van der Waals surface area contributed by atoms with Crippen LogP contribution in [-0.4, -0.2) is 24.8 Å².